The van der Waals surface area contributed by atoms with Crippen molar-refractivity contribution in [3.05, 3.63) is 75.8 Å². The van der Waals surface area contributed by atoms with E-state index in [0.29, 0.717) is 27.7 Å². The van der Waals surface area contributed by atoms with E-state index in [0.717, 1.165) is 16.8 Å². The zero-order chi connectivity index (χ0) is 17.4. The van der Waals surface area contributed by atoms with Gasteiger partial charge >= 0.3 is 0 Å². The van der Waals surface area contributed by atoms with Gasteiger partial charge in [0.25, 0.3) is 0 Å². The van der Waals surface area contributed by atoms with E-state index in [9.17, 15) is 4.79 Å². The molecule has 0 atom stereocenters. The number of nitrogens with zero attached hydrogens (tertiary/aromatic N) is 3. The van der Waals surface area contributed by atoms with Crippen molar-refractivity contribution in [2.24, 2.45) is 0 Å². The minimum Gasteiger partial charge on any atom is -0.345 e. The molecule has 1 aromatic carbocycles. The second kappa shape index (κ2) is 6.11. The summed E-state index contributed by atoms with van der Waals surface area (Å²) in [5.41, 5.74) is 4.29. The van der Waals surface area contributed by atoms with Crippen molar-refractivity contribution in [2.45, 2.75) is 6.92 Å². The number of hydrogen-bond donors (Lipinski definition) is 1. The minimum atomic E-state index is -0.181. The Morgan fingerprint density at radius 2 is 1.68 bits per heavy atom. The number of H-pyrrole nitrogens is 1. The molecule has 6 heteroatoms. The number of halogens is 1. The Morgan fingerprint density at radius 3 is 2.44 bits per heavy atom. The molecule has 0 aliphatic carbocycles. The highest BCUT2D eigenvalue weighted by atomic mass is 35.5. The maximum Gasteiger partial charge on any atom is 0.209 e. The highest BCUT2D eigenvalue weighted by molar-refractivity contribution is 6.29. The normalized spacial score (nSPS) is 11.0. The maximum atomic E-state index is 12.2. The fourth-order valence-corrected chi connectivity index (χ4v) is 3.00. The highest BCUT2D eigenvalue weighted by Gasteiger charge is 2.15. The Kier molecular flexibility index (Phi) is 3.78. The molecule has 3 heterocycles. The minimum absolute atomic E-state index is 0.181. The van der Waals surface area contributed by atoms with Gasteiger partial charge in [-0.1, -0.05) is 41.9 Å². The standard InChI is InChI=1S/C19H13ClN4O/c1-11-9-13(10-15(20)22-11)17-16(12-5-3-2-4-6-12)24-19-18(23-17)14(25)7-8-21-19/h2-10H,1H3,(H,21,24,25). The lowest BCUT2D eigenvalue weighted by molar-refractivity contribution is 1.18. The van der Waals surface area contributed by atoms with E-state index in [2.05, 4.69) is 19.9 Å². The van der Waals surface area contributed by atoms with Crippen LogP contribution in [0.15, 0.2) is 59.5 Å². The van der Waals surface area contributed by atoms with Crippen molar-refractivity contribution in [3.8, 4) is 22.5 Å². The number of aromatic amines is 1. The lowest BCUT2D eigenvalue weighted by atomic mass is 10.0. The fourth-order valence-electron chi connectivity index (χ4n) is 2.75. The SMILES string of the molecule is Cc1cc(-c2nc3c(=O)cc[nH]c3nc2-c2ccccc2)cc(Cl)n1. The molecule has 0 aliphatic heterocycles. The third kappa shape index (κ3) is 2.90. The van der Waals surface area contributed by atoms with Crippen molar-refractivity contribution in [1.82, 2.24) is 19.9 Å². The van der Waals surface area contributed by atoms with Crippen molar-refractivity contribution in [1.29, 1.82) is 0 Å². The Bertz CT molecular complexity index is 1120. The molecule has 5 nitrogen and oxygen atoms in total. The van der Waals surface area contributed by atoms with Gasteiger partial charge < -0.3 is 4.98 Å². The van der Waals surface area contributed by atoms with Gasteiger partial charge in [0.15, 0.2) is 11.2 Å². The van der Waals surface area contributed by atoms with E-state index < -0.39 is 0 Å². The lowest BCUT2D eigenvalue weighted by Crippen LogP contribution is -2.06. The number of aromatic nitrogens is 4. The fraction of sp³-hybridized carbons (Fsp3) is 0.0526. The first-order chi connectivity index (χ1) is 12.1. The van der Waals surface area contributed by atoms with Crippen molar-refractivity contribution in [2.75, 3.05) is 0 Å². The first kappa shape index (κ1) is 15.5. The first-order valence-corrected chi connectivity index (χ1v) is 8.09. The second-order valence-corrected chi connectivity index (χ2v) is 6.03. The number of fused-ring (bicyclic) bond motifs is 1. The summed E-state index contributed by atoms with van der Waals surface area (Å²) in [6.07, 6.45) is 1.57. The van der Waals surface area contributed by atoms with Crippen LogP contribution in [0.1, 0.15) is 5.69 Å². The molecule has 122 valence electrons. The molecule has 4 rings (SSSR count). The summed E-state index contributed by atoms with van der Waals surface area (Å²) in [7, 11) is 0. The van der Waals surface area contributed by atoms with Crippen LogP contribution in [0.3, 0.4) is 0 Å². The number of hydrogen-bond acceptors (Lipinski definition) is 4. The van der Waals surface area contributed by atoms with E-state index in [1.54, 1.807) is 12.3 Å². The third-order valence-electron chi connectivity index (χ3n) is 3.83. The van der Waals surface area contributed by atoms with Gasteiger partial charge in [-0.05, 0) is 19.1 Å². The van der Waals surface area contributed by atoms with Crippen molar-refractivity contribution >= 4 is 22.8 Å². The van der Waals surface area contributed by atoms with Crippen LogP contribution < -0.4 is 5.43 Å². The van der Waals surface area contributed by atoms with E-state index >= 15 is 0 Å². The smallest absolute Gasteiger partial charge is 0.209 e. The van der Waals surface area contributed by atoms with Gasteiger partial charge in [-0.2, -0.15) is 0 Å². The van der Waals surface area contributed by atoms with Gasteiger partial charge in [0, 0.05) is 29.1 Å². The van der Waals surface area contributed by atoms with Crippen molar-refractivity contribution in [3.63, 3.8) is 0 Å². The summed E-state index contributed by atoms with van der Waals surface area (Å²) in [6.45, 7) is 1.86. The van der Waals surface area contributed by atoms with Gasteiger partial charge in [-0.3, -0.25) is 4.79 Å². The Morgan fingerprint density at radius 1 is 0.920 bits per heavy atom. The molecule has 4 aromatic rings. The third-order valence-corrected chi connectivity index (χ3v) is 4.02. The summed E-state index contributed by atoms with van der Waals surface area (Å²) >= 11 is 6.12. The van der Waals surface area contributed by atoms with Crippen LogP contribution in [0.4, 0.5) is 0 Å². The van der Waals surface area contributed by atoms with Crippen LogP contribution in [0, 0.1) is 6.92 Å². The molecule has 0 fully saturated rings. The zero-order valence-electron chi connectivity index (χ0n) is 13.3. The van der Waals surface area contributed by atoms with E-state index in [-0.39, 0.29) is 5.43 Å². The van der Waals surface area contributed by atoms with Crippen LogP contribution >= 0.6 is 11.6 Å². The first-order valence-electron chi connectivity index (χ1n) is 7.71. The molecule has 3 aromatic heterocycles. The van der Waals surface area contributed by atoms with Gasteiger partial charge in [0.1, 0.15) is 5.15 Å². The predicted molar refractivity (Wildman–Crippen MR) is 98.6 cm³/mol. The molecule has 0 unspecified atom stereocenters. The Labute approximate surface area is 148 Å². The van der Waals surface area contributed by atoms with Gasteiger partial charge in [0.2, 0.25) is 5.43 Å². The number of rotatable bonds is 2. The molecule has 0 saturated heterocycles. The quantitative estimate of drug-likeness (QED) is 0.555. The number of pyridine rings is 2. The molecule has 0 bridgehead atoms. The molecular formula is C19H13ClN4O. The van der Waals surface area contributed by atoms with E-state index in [1.165, 1.54) is 6.07 Å². The average molecular weight is 349 g/mol. The van der Waals surface area contributed by atoms with Crippen LogP contribution in [-0.2, 0) is 0 Å². The monoisotopic (exact) mass is 348 g/mol. The number of nitrogens with one attached hydrogen (secondary N) is 1. The molecular weight excluding hydrogens is 336 g/mol. The summed E-state index contributed by atoms with van der Waals surface area (Å²) < 4.78 is 0. The van der Waals surface area contributed by atoms with E-state index in [4.69, 9.17) is 11.6 Å². The van der Waals surface area contributed by atoms with E-state index in [1.807, 2.05) is 43.3 Å². The molecule has 25 heavy (non-hydrogen) atoms. The summed E-state index contributed by atoms with van der Waals surface area (Å²) in [6, 6.07) is 14.8. The summed E-state index contributed by atoms with van der Waals surface area (Å²) in [5.74, 6) is 0. The van der Waals surface area contributed by atoms with Crippen LogP contribution in [-0.4, -0.2) is 19.9 Å². The van der Waals surface area contributed by atoms with Gasteiger partial charge in [0.05, 0.1) is 11.4 Å². The van der Waals surface area contributed by atoms with Crippen molar-refractivity contribution < 1.29 is 0 Å². The number of aryl methyl sites for hydroxylation is 1. The lowest BCUT2D eigenvalue weighted by Gasteiger charge is -2.11. The predicted octanol–water partition coefficient (Wildman–Crippen LogP) is 4.01. The molecule has 0 radical (unpaired) electrons. The summed E-state index contributed by atoms with van der Waals surface area (Å²) in [4.78, 5) is 28.6. The van der Waals surface area contributed by atoms with Gasteiger partial charge in [-0.15, -0.1) is 0 Å². The molecule has 0 saturated carbocycles. The second-order valence-electron chi connectivity index (χ2n) is 5.65. The molecule has 1 N–H and O–H groups in total. The molecule has 0 amide bonds. The van der Waals surface area contributed by atoms with Gasteiger partial charge in [-0.25, -0.2) is 15.0 Å². The van der Waals surface area contributed by atoms with Crippen LogP contribution in [0.25, 0.3) is 33.7 Å². The molecule has 0 aliphatic rings. The molecule has 0 spiro atoms. The topological polar surface area (TPSA) is 71.5 Å². The average Bonchev–Trinajstić information content (AvgIpc) is 2.61. The summed E-state index contributed by atoms with van der Waals surface area (Å²) in [5, 5.41) is 0.373. The zero-order valence-corrected chi connectivity index (χ0v) is 14.1. The Hall–Kier alpha value is -3.05. The maximum absolute atomic E-state index is 12.2. The number of benzene rings is 1. The largest absolute Gasteiger partial charge is 0.345 e. The van der Waals surface area contributed by atoms with Crippen LogP contribution in [0.5, 0.6) is 0 Å². The van der Waals surface area contributed by atoms with Crippen LogP contribution in [0.2, 0.25) is 5.15 Å². The highest BCUT2D eigenvalue weighted by Crippen LogP contribution is 2.31. The Balaban J connectivity index is 2.10.